The van der Waals surface area contributed by atoms with Crippen LogP contribution in [0.25, 0.3) is 0 Å². The summed E-state index contributed by atoms with van der Waals surface area (Å²) < 4.78 is 5.45. The molecule has 0 unspecified atom stereocenters. The van der Waals surface area contributed by atoms with Gasteiger partial charge in [-0.2, -0.15) is 0 Å². The lowest BCUT2D eigenvalue weighted by molar-refractivity contribution is -0.121. The van der Waals surface area contributed by atoms with Gasteiger partial charge in [0.05, 0.1) is 0 Å². The number of para-hydroxylation sites is 1. The van der Waals surface area contributed by atoms with Gasteiger partial charge < -0.3 is 15.4 Å². The second-order valence-electron chi connectivity index (χ2n) is 7.58. The molecule has 0 aromatic heterocycles. The maximum absolute atomic E-state index is 12.0. The summed E-state index contributed by atoms with van der Waals surface area (Å²) in [7, 11) is 0. The van der Waals surface area contributed by atoms with E-state index in [0.717, 1.165) is 23.7 Å². The minimum absolute atomic E-state index is 0.0203. The first-order valence-corrected chi connectivity index (χ1v) is 9.36. The molecule has 24 heavy (non-hydrogen) atoms. The van der Waals surface area contributed by atoms with E-state index in [4.69, 9.17) is 17.0 Å². The van der Waals surface area contributed by atoms with E-state index in [-0.39, 0.29) is 12.5 Å². The predicted molar refractivity (Wildman–Crippen MR) is 96.6 cm³/mol. The first-order valence-electron chi connectivity index (χ1n) is 8.95. The summed E-state index contributed by atoms with van der Waals surface area (Å²) in [5.74, 6) is 3.82. The fourth-order valence-corrected chi connectivity index (χ4v) is 5.43. The van der Waals surface area contributed by atoms with Crippen LogP contribution in [0.15, 0.2) is 30.3 Å². The molecule has 5 rings (SSSR count). The Hall–Kier alpha value is -1.62. The van der Waals surface area contributed by atoms with Crippen LogP contribution in [0.1, 0.15) is 32.1 Å². The van der Waals surface area contributed by atoms with E-state index in [1.165, 1.54) is 32.1 Å². The highest BCUT2D eigenvalue weighted by Gasteiger charge is 2.48. The highest BCUT2D eigenvalue weighted by atomic mass is 32.1. The molecule has 2 N–H and O–H groups in total. The summed E-state index contributed by atoms with van der Waals surface area (Å²) in [6, 6.07) is 9.78. The van der Waals surface area contributed by atoms with E-state index in [9.17, 15) is 4.79 Å². The number of nitrogens with one attached hydrogen (secondary N) is 2. The van der Waals surface area contributed by atoms with Gasteiger partial charge in [-0.3, -0.25) is 4.79 Å². The number of hydrogen-bond acceptors (Lipinski definition) is 3. The van der Waals surface area contributed by atoms with Crippen molar-refractivity contribution in [1.29, 1.82) is 0 Å². The summed E-state index contributed by atoms with van der Waals surface area (Å²) in [6.07, 6.45) is 6.77. The van der Waals surface area contributed by atoms with Crippen molar-refractivity contribution in [1.82, 2.24) is 10.6 Å². The van der Waals surface area contributed by atoms with Crippen LogP contribution in [0.3, 0.4) is 0 Å². The Morgan fingerprint density at radius 1 is 1.04 bits per heavy atom. The average Bonchev–Trinajstić information content (AvgIpc) is 2.56. The van der Waals surface area contributed by atoms with Crippen LogP contribution in [0.2, 0.25) is 0 Å². The molecule has 0 heterocycles. The number of carbonyl (C=O) groups is 1. The molecule has 0 spiro atoms. The molecule has 128 valence electrons. The molecule has 4 aliphatic carbocycles. The van der Waals surface area contributed by atoms with Crippen LogP contribution < -0.4 is 15.4 Å². The van der Waals surface area contributed by atoms with Gasteiger partial charge in [0.1, 0.15) is 5.75 Å². The van der Waals surface area contributed by atoms with Gasteiger partial charge in [-0.15, -0.1) is 0 Å². The second-order valence-corrected chi connectivity index (χ2v) is 7.99. The van der Waals surface area contributed by atoms with E-state index in [0.29, 0.717) is 16.9 Å². The van der Waals surface area contributed by atoms with Crippen molar-refractivity contribution >= 4 is 23.2 Å². The Morgan fingerprint density at radius 3 is 2.29 bits per heavy atom. The number of hydrogen-bond donors (Lipinski definition) is 2. The summed E-state index contributed by atoms with van der Waals surface area (Å²) in [5, 5.41) is 6.65. The van der Waals surface area contributed by atoms with Crippen molar-refractivity contribution in [2.24, 2.45) is 23.7 Å². The molecule has 4 aliphatic rings. The molecule has 1 amide bonds. The third-order valence-electron chi connectivity index (χ3n) is 5.89. The van der Waals surface area contributed by atoms with Gasteiger partial charge in [-0.1, -0.05) is 18.2 Å². The molecule has 4 saturated carbocycles. The zero-order chi connectivity index (χ0) is 16.5. The van der Waals surface area contributed by atoms with E-state index in [1.54, 1.807) is 0 Å². The highest BCUT2D eigenvalue weighted by Crippen LogP contribution is 2.53. The molecule has 4 bridgehead atoms. The van der Waals surface area contributed by atoms with Gasteiger partial charge >= 0.3 is 0 Å². The van der Waals surface area contributed by atoms with E-state index >= 15 is 0 Å². The lowest BCUT2D eigenvalue weighted by Crippen LogP contribution is -2.58. The van der Waals surface area contributed by atoms with Gasteiger partial charge in [0.15, 0.2) is 11.7 Å². The van der Waals surface area contributed by atoms with E-state index in [1.807, 2.05) is 30.3 Å². The molecule has 4 fully saturated rings. The maximum atomic E-state index is 12.0. The van der Waals surface area contributed by atoms with Crippen LogP contribution in [-0.4, -0.2) is 23.7 Å². The maximum Gasteiger partial charge on any atom is 0.264 e. The number of amides is 1. The number of rotatable bonds is 4. The van der Waals surface area contributed by atoms with E-state index in [2.05, 4.69) is 10.6 Å². The summed E-state index contributed by atoms with van der Waals surface area (Å²) in [5.41, 5.74) is 0. The minimum Gasteiger partial charge on any atom is -0.484 e. The monoisotopic (exact) mass is 344 g/mol. The first-order chi connectivity index (χ1) is 11.7. The summed E-state index contributed by atoms with van der Waals surface area (Å²) in [6.45, 7) is -0.0203. The Labute approximate surface area is 148 Å². The normalized spacial score (nSPS) is 33.1. The van der Waals surface area contributed by atoms with Crippen LogP contribution in [0.5, 0.6) is 5.75 Å². The van der Waals surface area contributed by atoms with Crippen molar-refractivity contribution < 1.29 is 9.53 Å². The topological polar surface area (TPSA) is 50.4 Å². The van der Waals surface area contributed by atoms with Crippen molar-refractivity contribution in [3.05, 3.63) is 30.3 Å². The summed E-state index contributed by atoms with van der Waals surface area (Å²) >= 11 is 5.36. The minimum atomic E-state index is -0.208. The fourth-order valence-electron chi connectivity index (χ4n) is 5.18. The molecule has 0 atom stereocenters. The first kappa shape index (κ1) is 15.9. The van der Waals surface area contributed by atoms with Crippen molar-refractivity contribution in [3.8, 4) is 5.75 Å². The van der Waals surface area contributed by atoms with Gasteiger partial charge in [-0.05, 0) is 80.1 Å². The number of ether oxygens (including phenoxy) is 1. The SMILES string of the molecule is O=C(COc1ccccc1)NC(=S)NC1C2CC3CC(C2)CC1C3. The Kier molecular flexibility index (Phi) is 4.44. The standard InChI is InChI=1S/C19H24N2O2S/c22-17(11-23-16-4-2-1-3-5-16)20-19(24)21-18-14-7-12-6-13(9-14)10-15(18)8-12/h1-5,12-15,18H,6-11H2,(H2,20,21,22,24). The highest BCUT2D eigenvalue weighted by molar-refractivity contribution is 7.80. The number of carbonyl (C=O) groups excluding carboxylic acids is 1. The van der Waals surface area contributed by atoms with Crippen molar-refractivity contribution in [2.75, 3.05) is 6.61 Å². The fraction of sp³-hybridized carbons (Fsp3) is 0.579. The van der Waals surface area contributed by atoms with Gasteiger partial charge in [0.2, 0.25) is 0 Å². The third-order valence-corrected chi connectivity index (χ3v) is 6.11. The molecule has 1 aromatic carbocycles. The molecule has 1 aromatic rings. The lowest BCUT2D eigenvalue weighted by atomic mass is 9.54. The Morgan fingerprint density at radius 2 is 1.67 bits per heavy atom. The van der Waals surface area contributed by atoms with Crippen LogP contribution in [0.4, 0.5) is 0 Å². The van der Waals surface area contributed by atoms with Crippen LogP contribution in [0, 0.1) is 23.7 Å². The smallest absolute Gasteiger partial charge is 0.264 e. The van der Waals surface area contributed by atoms with Gasteiger partial charge in [0, 0.05) is 6.04 Å². The molecule has 5 heteroatoms. The molecule has 4 nitrogen and oxygen atoms in total. The quantitative estimate of drug-likeness (QED) is 0.825. The van der Waals surface area contributed by atoms with Gasteiger partial charge in [-0.25, -0.2) is 0 Å². The largest absolute Gasteiger partial charge is 0.484 e. The average molecular weight is 344 g/mol. The lowest BCUT2D eigenvalue weighted by Gasteiger charge is -2.54. The van der Waals surface area contributed by atoms with E-state index < -0.39 is 0 Å². The summed E-state index contributed by atoms with van der Waals surface area (Å²) in [4.78, 5) is 12.0. The second kappa shape index (κ2) is 6.71. The molecular weight excluding hydrogens is 320 g/mol. The molecule has 0 saturated heterocycles. The molecule has 0 radical (unpaired) electrons. The number of benzene rings is 1. The zero-order valence-corrected chi connectivity index (χ0v) is 14.6. The Bertz CT molecular complexity index is 591. The van der Waals surface area contributed by atoms with Crippen LogP contribution >= 0.6 is 12.2 Å². The molecule has 0 aliphatic heterocycles. The number of thiocarbonyl (C=S) groups is 1. The zero-order valence-electron chi connectivity index (χ0n) is 13.7. The third kappa shape index (κ3) is 3.41. The molecular formula is C19H24N2O2S. The van der Waals surface area contributed by atoms with Crippen molar-refractivity contribution in [2.45, 2.75) is 38.1 Å². The van der Waals surface area contributed by atoms with Crippen molar-refractivity contribution in [3.63, 3.8) is 0 Å². The Balaban J connectivity index is 1.25. The predicted octanol–water partition coefficient (Wildman–Crippen LogP) is 2.88. The van der Waals surface area contributed by atoms with Gasteiger partial charge in [0.25, 0.3) is 5.91 Å². The van der Waals surface area contributed by atoms with Crippen LogP contribution in [-0.2, 0) is 4.79 Å².